The molecule has 0 N–H and O–H groups in total. The summed E-state index contributed by atoms with van der Waals surface area (Å²) in [6.45, 7) is 3.79. The van der Waals surface area contributed by atoms with Gasteiger partial charge in [0, 0.05) is 0 Å². The fourth-order valence-electron chi connectivity index (χ4n) is 1.40. The summed E-state index contributed by atoms with van der Waals surface area (Å²) in [5.41, 5.74) is -0.949. The van der Waals surface area contributed by atoms with Crippen molar-refractivity contribution >= 4 is 12.2 Å². The number of carbonyl (C=O) groups excluding carboxylic acids is 2. The minimum absolute atomic E-state index is 0.598. The van der Waals surface area contributed by atoms with E-state index in [-0.39, 0.29) is 0 Å². The van der Waals surface area contributed by atoms with Crippen LogP contribution in [-0.4, -0.2) is 17.8 Å². The first kappa shape index (κ1) is 13.8. The van der Waals surface area contributed by atoms with Gasteiger partial charge in [0.05, 0.1) is 0 Å². The molecule has 0 aliphatic heterocycles. The average Bonchev–Trinajstić information content (AvgIpc) is 2.18. The van der Waals surface area contributed by atoms with Crippen molar-refractivity contribution < 1.29 is 9.59 Å². The Morgan fingerprint density at radius 1 is 1.00 bits per heavy atom. The summed E-state index contributed by atoms with van der Waals surface area (Å²) >= 11 is 0. The third-order valence-corrected chi connectivity index (χ3v) is 2.33. The number of nitrogens with zero attached hydrogens (tertiary/aromatic N) is 2. The zero-order valence-corrected chi connectivity index (χ0v) is 9.45. The monoisotopic (exact) mass is 210 g/mol. The Balaban J connectivity index is 3.97. The highest BCUT2D eigenvalue weighted by Crippen LogP contribution is 2.20. The van der Waals surface area contributed by atoms with Crippen molar-refractivity contribution in [3.05, 3.63) is 0 Å². The Hall–Kier alpha value is -1.24. The van der Waals surface area contributed by atoms with E-state index in [9.17, 15) is 9.59 Å². The van der Waals surface area contributed by atoms with Gasteiger partial charge in [0.1, 0.15) is 0 Å². The van der Waals surface area contributed by atoms with Gasteiger partial charge in [0.25, 0.3) is 0 Å². The van der Waals surface area contributed by atoms with Crippen LogP contribution < -0.4 is 0 Å². The van der Waals surface area contributed by atoms with Crippen LogP contribution >= 0.6 is 0 Å². The van der Waals surface area contributed by atoms with E-state index in [0.717, 1.165) is 12.8 Å². The highest BCUT2D eigenvalue weighted by Gasteiger charge is 2.21. The molecule has 4 nitrogen and oxygen atoms in total. The summed E-state index contributed by atoms with van der Waals surface area (Å²) in [6, 6.07) is 0. The van der Waals surface area contributed by atoms with E-state index < -0.39 is 5.66 Å². The first-order valence-electron chi connectivity index (χ1n) is 5.36. The second kappa shape index (κ2) is 8.10. The first-order chi connectivity index (χ1) is 7.18. The molecule has 15 heavy (non-hydrogen) atoms. The lowest BCUT2D eigenvalue weighted by Crippen LogP contribution is -2.18. The predicted octanol–water partition coefficient (Wildman–Crippen LogP) is 2.73. The fourth-order valence-corrected chi connectivity index (χ4v) is 1.40. The molecule has 0 saturated carbocycles. The van der Waals surface area contributed by atoms with E-state index in [1.54, 1.807) is 6.92 Å². The number of rotatable bonds is 8. The third kappa shape index (κ3) is 6.78. The fraction of sp³-hybridized carbons (Fsp3) is 0.818. The van der Waals surface area contributed by atoms with Gasteiger partial charge in [-0.2, -0.15) is 9.98 Å². The van der Waals surface area contributed by atoms with Gasteiger partial charge in [-0.3, -0.25) is 0 Å². The van der Waals surface area contributed by atoms with Gasteiger partial charge in [-0.25, -0.2) is 9.59 Å². The molecule has 4 heteroatoms. The minimum atomic E-state index is -0.949. The first-order valence-corrected chi connectivity index (χ1v) is 5.36. The van der Waals surface area contributed by atoms with Crippen molar-refractivity contribution in [2.24, 2.45) is 9.98 Å². The molecule has 0 aliphatic carbocycles. The van der Waals surface area contributed by atoms with E-state index in [1.165, 1.54) is 31.4 Å². The van der Waals surface area contributed by atoms with Gasteiger partial charge < -0.3 is 0 Å². The molecular weight excluding hydrogens is 192 g/mol. The second-order valence-electron chi connectivity index (χ2n) is 3.79. The molecule has 0 rings (SSSR count). The molecule has 0 aromatic carbocycles. The maximum Gasteiger partial charge on any atom is 0.237 e. The van der Waals surface area contributed by atoms with Crippen molar-refractivity contribution in [2.45, 2.75) is 58.0 Å². The smallest absolute Gasteiger partial charge is 0.211 e. The van der Waals surface area contributed by atoms with Gasteiger partial charge in [-0.1, -0.05) is 32.6 Å². The van der Waals surface area contributed by atoms with Crippen LogP contribution in [0.15, 0.2) is 9.98 Å². The molecule has 0 bridgehead atoms. The van der Waals surface area contributed by atoms with E-state index >= 15 is 0 Å². The van der Waals surface area contributed by atoms with E-state index in [0.29, 0.717) is 6.42 Å². The van der Waals surface area contributed by atoms with E-state index in [2.05, 4.69) is 16.9 Å². The van der Waals surface area contributed by atoms with E-state index in [1.807, 2.05) is 0 Å². The lowest BCUT2D eigenvalue weighted by Gasteiger charge is -2.15. The molecule has 0 unspecified atom stereocenters. The second-order valence-corrected chi connectivity index (χ2v) is 3.79. The summed E-state index contributed by atoms with van der Waals surface area (Å²) in [4.78, 5) is 27.4. The van der Waals surface area contributed by atoms with Crippen molar-refractivity contribution in [1.29, 1.82) is 0 Å². The maximum absolute atomic E-state index is 10.1. The lowest BCUT2D eigenvalue weighted by atomic mass is 10.0. The van der Waals surface area contributed by atoms with Gasteiger partial charge in [0.2, 0.25) is 12.2 Å². The summed E-state index contributed by atoms with van der Waals surface area (Å²) < 4.78 is 0. The zero-order valence-electron chi connectivity index (χ0n) is 9.45. The van der Waals surface area contributed by atoms with Crippen molar-refractivity contribution in [3.8, 4) is 0 Å². The highest BCUT2D eigenvalue weighted by molar-refractivity contribution is 5.38. The Labute approximate surface area is 90.5 Å². The number of hydrogen-bond acceptors (Lipinski definition) is 4. The van der Waals surface area contributed by atoms with Gasteiger partial charge in [-0.05, 0) is 19.8 Å². The predicted molar refractivity (Wildman–Crippen MR) is 58.0 cm³/mol. The lowest BCUT2D eigenvalue weighted by molar-refractivity contribution is 0.419. The van der Waals surface area contributed by atoms with Gasteiger partial charge in [-0.15, -0.1) is 0 Å². The van der Waals surface area contributed by atoms with Gasteiger partial charge in [0.15, 0.2) is 5.66 Å². The van der Waals surface area contributed by atoms with Crippen LogP contribution in [-0.2, 0) is 9.59 Å². The number of hydrogen-bond donors (Lipinski definition) is 0. The SMILES string of the molecule is CCCCCCCC(C)(N=C=O)N=C=O. The van der Waals surface area contributed by atoms with Crippen molar-refractivity contribution in [2.75, 3.05) is 0 Å². The van der Waals surface area contributed by atoms with Crippen LogP contribution in [0.4, 0.5) is 0 Å². The van der Waals surface area contributed by atoms with Crippen LogP contribution in [0.1, 0.15) is 52.4 Å². The third-order valence-electron chi connectivity index (χ3n) is 2.33. The van der Waals surface area contributed by atoms with Crippen LogP contribution in [0.5, 0.6) is 0 Å². The maximum atomic E-state index is 10.1. The Bertz CT molecular complexity index is 246. The number of isocyanates is 2. The molecule has 0 amide bonds. The van der Waals surface area contributed by atoms with Crippen LogP contribution in [0, 0.1) is 0 Å². The van der Waals surface area contributed by atoms with Crippen molar-refractivity contribution in [1.82, 2.24) is 0 Å². The molecule has 0 aromatic rings. The van der Waals surface area contributed by atoms with Gasteiger partial charge >= 0.3 is 0 Å². The summed E-state index contributed by atoms with van der Waals surface area (Å²) in [6.07, 6.45) is 9.05. The summed E-state index contributed by atoms with van der Waals surface area (Å²) in [5, 5.41) is 0. The molecule has 0 heterocycles. The van der Waals surface area contributed by atoms with E-state index in [4.69, 9.17) is 0 Å². The largest absolute Gasteiger partial charge is 0.237 e. The summed E-state index contributed by atoms with van der Waals surface area (Å²) in [7, 11) is 0. The summed E-state index contributed by atoms with van der Waals surface area (Å²) in [5.74, 6) is 0. The molecule has 0 atom stereocenters. The standard InChI is InChI=1S/C11H18N2O2/c1-3-4-5-6-7-8-11(2,12-9-14)13-10-15/h3-8H2,1-2H3. The molecule has 0 aromatic heterocycles. The number of unbranched alkanes of at least 4 members (excludes halogenated alkanes) is 4. The molecule has 0 aliphatic rings. The molecule has 0 radical (unpaired) electrons. The van der Waals surface area contributed by atoms with Crippen LogP contribution in [0.3, 0.4) is 0 Å². The minimum Gasteiger partial charge on any atom is -0.211 e. The van der Waals surface area contributed by atoms with Crippen molar-refractivity contribution in [3.63, 3.8) is 0 Å². The average molecular weight is 210 g/mol. The topological polar surface area (TPSA) is 58.9 Å². The molecule has 0 fully saturated rings. The zero-order chi connectivity index (χ0) is 11.6. The quantitative estimate of drug-likeness (QED) is 0.351. The Morgan fingerprint density at radius 3 is 2.00 bits per heavy atom. The normalized spacial score (nSPS) is 13.5. The molecule has 84 valence electrons. The molecule has 0 saturated heterocycles. The molecular formula is C11H18N2O2. The van der Waals surface area contributed by atoms with Crippen LogP contribution in [0.2, 0.25) is 0 Å². The highest BCUT2D eigenvalue weighted by atomic mass is 16.1. The molecule has 0 spiro atoms. The Kier molecular flexibility index (Phi) is 7.43. The van der Waals surface area contributed by atoms with Crippen LogP contribution in [0.25, 0.3) is 0 Å². The number of aliphatic imine (C=N–C) groups is 2. The Morgan fingerprint density at radius 2 is 1.53 bits per heavy atom.